The number of aliphatic hydroxyl groups is 1. The first kappa shape index (κ1) is 23.8. The van der Waals surface area contributed by atoms with Gasteiger partial charge in [-0.05, 0) is 31.9 Å². The Bertz CT molecular complexity index is 672. The third kappa shape index (κ3) is 9.18. The summed E-state index contributed by atoms with van der Waals surface area (Å²) in [5.41, 5.74) is 1.26. The third-order valence-corrected chi connectivity index (χ3v) is 3.40. The normalized spacial score (nSPS) is 9.63. The fraction of sp³-hybridized carbons (Fsp3) is 0.182. The monoisotopic (exact) mass is 370 g/mol. The molecule has 0 unspecified atom stereocenters. The summed E-state index contributed by atoms with van der Waals surface area (Å²) in [4.78, 5) is 19.2. The molecule has 144 valence electrons. The second-order valence-electron chi connectivity index (χ2n) is 5.98. The maximum Gasteiger partial charge on any atom is 0.330 e. The van der Waals surface area contributed by atoms with Crippen LogP contribution in [0.4, 0.5) is 0 Å². The molecule has 0 aliphatic rings. The largest absolute Gasteiger partial charge is 0.478 e. The van der Waals surface area contributed by atoms with Crippen LogP contribution < -0.4 is 0 Å². The van der Waals surface area contributed by atoms with Gasteiger partial charge in [0.25, 0.3) is 0 Å². The van der Waals surface area contributed by atoms with Crippen molar-refractivity contribution in [2.75, 3.05) is 0 Å². The Labute approximate surface area is 159 Å². The Hall–Kier alpha value is -3.18. The lowest BCUT2D eigenvalue weighted by Gasteiger charge is -2.24. The van der Waals surface area contributed by atoms with Crippen LogP contribution in [0.2, 0.25) is 0 Å². The van der Waals surface area contributed by atoms with Crippen molar-refractivity contribution in [2.24, 2.45) is 0 Å². The van der Waals surface area contributed by atoms with Crippen molar-refractivity contribution < 1.29 is 24.9 Å². The van der Waals surface area contributed by atoms with E-state index in [0.29, 0.717) is 0 Å². The topological polar surface area (TPSA) is 94.8 Å². The van der Waals surface area contributed by atoms with E-state index in [4.69, 9.17) is 10.2 Å². The van der Waals surface area contributed by atoms with Gasteiger partial charge in [0.15, 0.2) is 0 Å². The van der Waals surface area contributed by atoms with Gasteiger partial charge in [0.05, 0.1) is 0 Å². The van der Waals surface area contributed by atoms with Gasteiger partial charge in [-0.3, -0.25) is 0 Å². The van der Waals surface area contributed by atoms with E-state index >= 15 is 0 Å². The molecule has 0 aliphatic heterocycles. The Morgan fingerprint density at radius 1 is 0.741 bits per heavy atom. The number of carboxylic acid groups (broad SMARTS) is 2. The van der Waals surface area contributed by atoms with E-state index in [0.717, 1.165) is 11.1 Å². The number of benzene rings is 2. The molecule has 3 N–H and O–H groups in total. The molecule has 0 fully saturated rings. The van der Waals surface area contributed by atoms with Crippen LogP contribution in [0.15, 0.2) is 85.0 Å². The highest BCUT2D eigenvalue weighted by Gasteiger charge is 2.24. The molecule has 0 bridgehead atoms. The van der Waals surface area contributed by atoms with E-state index in [1.165, 1.54) is 13.8 Å². The quantitative estimate of drug-likeness (QED) is 0.700. The zero-order chi connectivity index (χ0) is 21.0. The Balaban J connectivity index is 0.000000470. The lowest BCUT2D eigenvalue weighted by Crippen LogP contribution is -2.22. The summed E-state index contributed by atoms with van der Waals surface area (Å²) in [5.74, 6) is -1.87. The number of carbonyl (C=O) groups is 2. The summed E-state index contributed by atoms with van der Waals surface area (Å²) < 4.78 is 0. The summed E-state index contributed by atoms with van der Waals surface area (Å²) >= 11 is 0. The fourth-order valence-electron chi connectivity index (χ4n) is 1.69. The van der Waals surface area contributed by atoms with Crippen LogP contribution in [0, 0.1) is 0 Å². The molecule has 0 amide bonds. The van der Waals surface area contributed by atoms with Crippen LogP contribution >= 0.6 is 0 Å². The highest BCUT2D eigenvalue weighted by atomic mass is 16.4. The van der Waals surface area contributed by atoms with Gasteiger partial charge in [0.1, 0.15) is 5.60 Å². The number of hydrogen-bond acceptors (Lipinski definition) is 3. The molecule has 5 nitrogen and oxygen atoms in total. The zero-order valence-electron chi connectivity index (χ0n) is 15.8. The molecule has 2 aromatic carbocycles. The van der Waals surface area contributed by atoms with Crippen molar-refractivity contribution in [2.45, 2.75) is 26.4 Å². The summed E-state index contributed by atoms with van der Waals surface area (Å²) in [5, 5.41) is 26.2. The lowest BCUT2D eigenvalue weighted by molar-refractivity contribution is -0.133. The minimum absolute atomic E-state index is 0.176. The lowest BCUT2D eigenvalue weighted by atomic mass is 9.88. The van der Waals surface area contributed by atoms with E-state index < -0.39 is 17.5 Å². The molecule has 0 atom stereocenters. The van der Waals surface area contributed by atoms with Crippen LogP contribution in [0.5, 0.6) is 0 Å². The van der Waals surface area contributed by atoms with Crippen molar-refractivity contribution in [3.63, 3.8) is 0 Å². The van der Waals surface area contributed by atoms with E-state index in [1.54, 1.807) is 0 Å². The Morgan fingerprint density at radius 3 is 1.15 bits per heavy atom. The fourth-order valence-corrected chi connectivity index (χ4v) is 1.69. The average molecular weight is 370 g/mol. The number of hydrogen-bond donors (Lipinski definition) is 3. The molecule has 0 heterocycles. The minimum atomic E-state index is -0.935. The maximum atomic E-state index is 10.5. The highest BCUT2D eigenvalue weighted by molar-refractivity contribution is 5.85. The number of rotatable bonds is 4. The molecule has 2 aromatic rings. The van der Waals surface area contributed by atoms with Gasteiger partial charge in [-0.25, -0.2) is 9.59 Å². The van der Waals surface area contributed by atoms with Crippen LogP contribution in [-0.2, 0) is 15.2 Å². The predicted octanol–water partition coefficient (Wildman–Crippen LogP) is 4.24. The van der Waals surface area contributed by atoms with E-state index in [2.05, 4.69) is 13.2 Å². The van der Waals surface area contributed by atoms with E-state index in [9.17, 15) is 14.7 Å². The van der Waals surface area contributed by atoms with Crippen LogP contribution in [0.25, 0.3) is 0 Å². The Kier molecular flexibility index (Phi) is 10.1. The summed E-state index contributed by atoms with van der Waals surface area (Å²) in [6, 6.07) is 19.4. The molecule has 0 radical (unpaired) electrons. The average Bonchev–Trinajstić information content (AvgIpc) is 2.64. The van der Waals surface area contributed by atoms with Crippen molar-refractivity contribution in [1.29, 1.82) is 0 Å². The van der Waals surface area contributed by atoms with E-state index in [1.807, 2.05) is 67.6 Å². The zero-order valence-corrected chi connectivity index (χ0v) is 15.8. The smallest absolute Gasteiger partial charge is 0.330 e. The minimum Gasteiger partial charge on any atom is -0.478 e. The first-order valence-electron chi connectivity index (χ1n) is 8.11. The highest BCUT2D eigenvalue weighted by Crippen LogP contribution is 2.28. The predicted molar refractivity (Wildman–Crippen MR) is 106 cm³/mol. The van der Waals surface area contributed by atoms with Gasteiger partial charge in [-0.2, -0.15) is 0 Å². The second kappa shape index (κ2) is 11.4. The SMILES string of the molecule is C=C(C)C(=O)O.C=C(C)C(=O)O.CC(O)(c1ccccc1)c1ccccc1. The number of aliphatic carboxylic acids is 2. The Morgan fingerprint density at radius 2 is 0.963 bits per heavy atom. The first-order valence-corrected chi connectivity index (χ1v) is 8.11. The summed E-state index contributed by atoms with van der Waals surface area (Å²) in [6.45, 7) is 11.0. The first-order chi connectivity index (χ1) is 12.5. The molecule has 0 aromatic heterocycles. The van der Waals surface area contributed by atoms with Gasteiger partial charge in [-0.15, -0.1) is 0 Å². The molecule has 27 heavy (non-hydrogen) atoms. The molecule has 0 aliphatic carbocycles. The molecular formula is C22H26O5. The summed E-state index contributed by atoms with van der Waals surface area (Å²) in [6.07, 6.45) is 0. The van der Waals surface area contributed by atoms with Crippen LogP contribution in [0.3, 0.4) is 0 Å². The van der Waals surface area contributed by atoms with Crippen molar-refractivity contribution >= 4 is 11.9 Å². The van der Waals surface area contributed by atoms with Gasteiger partial charge < -0.3 is 15.3 Å². The van der Waals surface area contributed by atoms with Crippen LogP contribution in [0.1, 0.15) is 31.9 Å². The van der Waals surface area contributed by atoms with Crippen molar-refractivity contribution in [3.05, 3.63) is 96.1 Å². The van der Waals surface area contributed by atoms with Gasteiger partial charge in [0.2, 0.25) is 0 Å². The molecule has 5 heteroatoms. The third-order valence-electron chi connectivity index (χ3n) is 3.40. The second-order valence-corrected chi connectivity index (χ2v) is 5.98. The van der Waals surface area contributed by atoms with Crippen LogP contribution in [-0.4, -0.2) is 27.3 Å². The van der Waals surface area contributed by atoms with Gasteiger partial charge >= 0.3 is 11.9 Å². The van der Waals surface area contributed by atoms with Gasteiger partial charge in [0, 0.05) is 11.1 Å². The van der Waals surface area contributed by atoms with Gasteiger partial charge in [-0.1, -0.05) is 73.8 Å². The molecule has 0 spiro atoms. The van der Waals surface area contributed by atoms with Crippen molar-refractivity contribution in [1.82, 2.24) is 0 Å². The van der Waals surface area contributed by atoms with E-state index in [-0.39, 0.29) is 11.1 Å². The standard InChI is InChI=1S/C14H14O.2C4H6O2/c1-14(15,12-8-4-2-5-9-12)13-10-6-3-7-11-13;2*1-3(2)4(5)6/h2-11,15H,1H3;2*1H2,2H3,(H,5,6). The molecule has 0 saturated heterocycles. The molecular weight excluding hydrogens is 344 g/mol. The number of carboxylic acids is 2. The summed E-state index contributed by atoms with van der Waals surface area (Å²) in [7, 11) is 0. The van der Waals surface area contributed by atoms with Crippen molar-refractivity contribution in [3.8, 4) is 0 Å². The molecule has 0 saturated carbocycles. The maximum absolute atomic E-state index is 10.5. The molecule has 2 rings (SSSR count).